The maximum atomic E-state index is 7.18. The van der Waals surface area contributed by atoms with E-state index in [0.717, 1.165) is 76.1 Å². The molecule has 0 aromatic heterocycles. The number of ether oxygens (including phenoxy) is 5. The van der Waals surface area contributed by atoms with E-state index in [9.17, 15) is 0 Å². The van der Waals surface area contributed by atoms with Crippen molar-refractivity contribution in [2.24, 2.45) is 11.8 Å². The van der Waals surface area contributed by atoms with Crippen molar-refractivity contribution < 1.29 is 28.1 Å². The molecule has 6 atom stereocenters. The van der Waals surface area contributed by atoms with Crippen molar-refractivity contribution >= 4 is 8.32 Å². The topological polar surface area (TPSA) is 55.4 Å². The maximum absolute atomic E-state index is 7.18. The molecule has 0 N–H and O–H groups in total. The van der Waals surface area contributed by atoms with Gasteiger partial charge < -0.3 is 28.1 Å². The maximum Gasteiger partial charge on any atom is 0.199 e. The number of terminal acetylenes is 1. The molecule has 3 fully saturated rings. The van der Waals surface area contributed by atoms with Gasteiger partial charge in [0.25, 0.3) is 0 Å². The predicted molar refractivity (Wildman–Crippen MR) is 174 cm³/mol. The first kappa shape index (κ1) is 34.1. The van der Waals surface area contributed by atoms with Gasteiger partial charge in [-0.05, 0) is 93.6 Å². The summed E-state index contributed by atoms with van der Waals surface area (Å²) in [6.07, 6.45) is 14.8. The third-order valence-electron chi connectivity index (χ3n) is 9.84. The second kappa shape index (κ2) is 16.0. The molecule has 7 heteroatoms. The average molecular weight is 613 g/mol. The average Bonchev–Trinajstić information content (AvgIpc) is 3.31. The summed E-state index contributed by atoms with van der Waals surface area (Å²) >= 11 is 0. The van der Waals surface area contributed by atoms with E-state index >= 15 is 0 Å². The van der Waals surface area contributed by atoms with Crippen LogP contribution >= 0.6 is 0 Å². The summed E-state index contributed by atoms with van der Waals surface area (Å²) in [5.74, 6) is 5.05. The molecule has 240 valence electrons. The minimum absolute atomic E-state index is 0.0402. The Morgan fingerprint density at radius 3 is 2.26 bits per heavy atom. The Kier molecular flexibility index (Phi) is 12.6. The van der Waals surface area contributed by atoms with Crippen LogP contribution in [0.3, 0.4) is 0 Å². The van der Waals surface area contributed by atoms with E-state index in [-0.39, 0.29) is 41.7 Å². The predicted octanol–water partition coefficient (Wildman–Crippen LogP) is 8.62. The van der Waals surface area contributed by atoms with Gasteiger partial charge in [-0.2, -0.15) is 0 Å². The highest BCUT2D eigenvalue weighted by Crippen LogP contribution is 2.48. The fourth-order valence-corrected chi connectivity index (χ4v) is 7.77. The molecular weight excluding hydrogens is 556 g/mol. The third kappa shape index (κ3) is 9.58. The normalized spacial score (nSPS) is 29.0. The van der Waals surface area contributed by atoms with Crippen LogP contribution in [0.15, 0.2) is 41.7 Å². The lowest BCUT2D eigenvalue weighted by Crippen LogP contribution is -2.45. The van der Waals surface area contributed by atoms with E-state index in [0.29, 0.717) is 19.4 Å². The first-order valence-corrected chi connectivity index (χ1v) is 19.5. The first-order chi connectivity index (χ1) is 20.6. The van der Waals surface area contributed by atoms with Gasteiger partial charge >= 0.3 is 0 Å². The molecule has 0 spiro atoms. The van der Waals surface area contributed by atoms with Crippen LogP contribution in [0.5, 0.6) is 5.75 Å². The van der Waals surface area contributed by atoms with Gasteiger partial charge in [0.05, 0.1) is 25.4 Å². The van der Waals surface area contributed by atoms with Crippen molar-refractivity contribution in [3.63, 3.8) is 0 Å². The van der Waals surface area contributed by atoms with Crippen molar-refractivity contribution in [1.82, 2.24) is 0 Å². The number of hydrogen-bond donors (Lipinski definition) is 0. The largest absolute Gasteiger partial charge is 0.493 e. The summed E-state index contributed by atoms with van der Waals surface area (Å²) in [5, 5.41) is 0.108. The molecule has 43 heavy (non-hydrogen) atoms. The van der Waals surface area contributed by atoms with E-state index in [1.54, 1.807) is 0 Å². The first-order valence-electron chi connectivity index (χ1n) is 16.6. The van der Waals surface area contributed by atoms with Crippen LogP contribution in [-0.2, 0) is 23.4 Å². The van der Waals surface area contributed by atoms with Gasteiger partial charge in [-0.3, -0.25) is 0 Å². The molecule has 1 aliphatic carbocycles. The quantitative estimate of drug-likeness (QED) is 0.126. The molecule has 6 nitrogen and oxygen atoms in total. The molecule has 3 aliphatic rings. The van der Waals surface area contributed by atoms with Gasteiger partial charge in [-0.25, -0.2) is 0 Å². The van der Waals surface area contributed by atoms with Crippen molar-refractivity contribution in [3.05, 3.63) is 41.7 Å². The summed E-state index contributed by atoms with van der Waals surface area (Å²) in [7, 11) is -2.04. The Labute approximate surface area is 262 Å². The second-order valence-corrected chi connectivity index (χ2v) is 18.7. The van der Waals surface area contributed by atoms with E-state index in [1.807, 2.05) is 30.3 Å². The van der Waals surface area contributed by atoms with Crippen LogP contribution in [0.25, 0.3) is 0 Å². The van der Waals surface area contributed by atoms with Crippen LogP contribution < -0.4 is 4.74 Å². The highest BCUT2D eigenvalue weighted by atomic mass is 28.4. The molecule has 2 heterocycles. The van der Waals surface area contributed by atoms with Gasteiger partial charge in [0.2, 0.25) is 0 Å². The molecule has 4 rings (SSSR count). The molecular formula is C36H56O6Si. The van der Waals surface area contributed by atoms with Crippen molar-refractivity contribution in [3.8, 4) is 18.1 Å². The standard InChI is InChI=1S/C36H56O6Si/c1-8-9-19-29-31(42-43(6,7)36(3,4)5)26-32(41-34-21-14-16-24-39-34)35(29)27(2)30(40-33-20-13-15-23-38-33)22-25-37-28-17-11-10-12-18-28/h1,10-12,17-18,29,31-35H,9,13-16,19-26H2,2-7H3/t29-,31-,32-,33?,34?,35+/m0/s1. The zero-order valence-electron chi connectivity index (χ0n) is 27.6. The fourth-order valence-electron chi connectivity index (χ4n) is 6.39. The molecule has 2 saturated heterocycles. The molecule has 1 aromatic carbocycles. The van der Waals surface area contributed by atoms with Gasteiger partial charge in [0.1, 0.15) is 11.5 Å². The van der Waals surface area contributed by atoms with Gasteiger partial charge in [0, 0.05) is 31.8 Å². The van der Waals surface area contributed by atoms with Crippen molar-refractivity contribution in [2.75, 3.05) is 19.8 Å². The summed E-state index contributed by atoms with van der Waals surface area (Å²) in [6.45, 7) is 15.8. The van der Waals surface area contributed by atoms with Gasteiger partial charge in [-0.1, -0.05) is 39.0 Å². The zero-order chi connectivity index (χ0) is 30.9. The molecule has 1 aromatic rings. The van der Waals surface area contributed by atoms with Crippen molar-refractivity contribution in [1.29, 1.82) is 0 Å². The van der Waals surface area contributed by atoms with Crippen molar-refractivity contribution in [2.45, 2.75) is 135 Å². The molecule has 1 saturated carbocycles. The summed E-state index contributed by atoms with van der Waals surface area (Å²) in [6, 6.07) is 9.98. The van der Waals surface area contributed by atoms with E-state index in [1.165, 1.54) is 5.57 Å². The second-order valence-electron chi connectivity index (χ2n) is 14.0. The highest BCUT2D eigenvalue weighted by molar-refractivity contribution is 6.74. The molecule has 0 bridgehead atoms. The van der Waals surface area contributed by atoms with Crippen LogP contribution in [0, 0.1) is 24.2 Å². The molecule has 0 radical (unpaired) electrons. The lowest BCUT2D eigenvalue weighted by Gasteiger charge is -2.40. The third-order valence-corrected chi connectivity index (χ3v) is 14.3. The van der Waals surface area contributed by atoms with Gasteiger partial charge in [0.15, 0.2) is 20.9 Å². The molecule has 2 aliphatic heterocycles. The Balaban J connectivity index is 1.66. The van der Waals surface area contributed by atoms with Crippen LogP contribution in [-0.4, -0.2) is 52.9 Å². The minimum Gasteiger partial charge on any atom is -0.493 e. The zero-order valence-corrected chi connectivity index (χ0v) is 28.6. The smallest absolute Gasteiger partial charge is 0.199 e. The number of rotatable bonds is 13. The SMILES string of the molecule is C#CCC[C@@H]1[C@@H](C(C)=C(CCOc2ccccc2)OC2CCCCO2)[C@@H](OC2CCCCO2)C[C@@H]1O[Si](C)(C)C(C)(C)C. The van der Waals surface area contributed by atoms with Gasteiger partial charge in [-0.15, -0.1) is 12.3 Å². The lowest BCUT2D eigenvalue weighted by atomic mass is 9.83. The van der Waals surface area contributed by atoms with Crippen LogP contribution in [0.4, 0.5) is 0 Å². The lowest BCUT2D eigenvalue weighted by molar-refractivity contribution is -0.194. The summed E-state index contributed by atoms with van der Waals surface area (Å²) < 4.78 is 39.0. The molecule has 0 amide bonds. The van der Waals surface area contributed by atoms with E-state index < -0.39 is 8.32 Å². The Bertz CT molecular complexity index is 1050. The highest BCUT2D eigenvalue weighted by Gasteiger charge is 2.50. The monoisotopic (exact) mass is 612 g/mol. The van der Waals surface area contributed by atoms with Crippen LogP contribution in [0.2, 0.25) is 18.1 Å². The number of hydrogen-bond acceptors (Lipinski definition) is 6. The Hall–Kier alpha value is -1.82. The summed E-state index contributed by atoms with van der Waals surface area (Å²) in [4.78, 5) is 0. The Morgan fingerprint density at radius 2 is 1.65 bits per heavy atom. The minimum atomic E-state index is -2.04. The number of para-hydroxylation sites is 1. The summed E-state index contributed by atoms with van der Waals surface area (Å²) in [5.41, 5.74) is 1.20. The molecule has 2 unspecified atom stereocenters. The Morgan fingerprint density at radius 1 is 0.977 bits per heavy atom. The fraction of sp³-hybridized carbons (Fsp3) is 0.722. The number of benzene rings is 1. The van der Waals surface area contributed by atoms with E-state index in [2.05, 4.69) is 46.7 Å². The van der Waals surface area contributed by atoms with E-state index in [4.69, 9.17) is 34.5 Å². The van der Waals surface area contributed by atoms with Crippen LogP contribution in [0.1, 0.15) is 91.9 Å².